The third-order valence-corrected chi connectivity index (χ3v) is 4.25. The van der Waals surface area contributed by atoms with E-state index >= 15 is 0 Å². The molecule has 1 aliphatic rings. The van der Waals surface area contributed by atoms with Gasteiger partial charge in [0, 0.05) is 6.04 Å². The molecule has 1 heterocycles. The Morgan fingerprint density at radius 3 is 3.00 bits per heavy atom. The Bertz CT molecular complexity index is 380. The SMILES string of the molecule is CCC1CCNC(Cc2ccc(F)c(Br)c2)C1. The van der Waals surface area contributed by atoms with Crippen LogP contribution < -0.4 is 5.32 Å². The third-order valence-electron chi connectivity index (χ3n) is 3.65. The monoisotopic (exact) mass is 299 g/mol. The van der Waals surface area contributed by atoms with Gasteiger partial charge in [-0.2, -0.15) is 0 Å². The topological polar surface area (TPSA) is 12.0 Å². The molecule has 17 heavy (non-hydrogen) atoms. The molecule has 0 saturated carbocycles. The van der Waals surface area contributed by atoms with Crippen LogP contribution >= 0.6 is 15.9 Å². The van der Waals surface area contributed by atoms with Crippen LogP contribution in [-0.4, -0.2) is 12.6 Å². The molecule has 1 fully saturated rings. The largest absolute Gasteiger partial charge is 0.314 e. The zero-order valence-electron chi connectivity index (χ0n) is 10.2. The first kappa shape index (κ1) is 13.0. The summed E-state index contributed by atoms with van der Waals surface area (Å²) in [4.78, 5) is 0. The first-order chi connectivity index (χ1) is 8.19. The summed E-state index contributed by atoms with van der Waals surface area (Å²) in [6, 6.07) is 5.87. The maximum Gasteiger partial charge on any atom is 0.137 e. The van der Waals surface area contributed by atoms with E-state index in [4.69, 9.17) is 0 Å². The van der Waals surface area contributed by atoms with E-state index in [0.717, 1.165) is 18.9 Å². The Labute approximate surface area is 111 Å². The number of halogens is 2. The first-order valence-corrected chi connectivity index (χ1v) is 7.15. The van der Waals surface area contributed by atoms with Gasteiger partial charge in [-0.25, -0.2) is 4.39 Å². The molecule has 2 atom stereocenters. The fraction of sp³-hybridized carbons (Fsp3) is 0.571. The van der Waals surface area contributed by atoms with Gasteiger partial charge in [0.1, 0.15) is 5.82 Å². The standard InChI is InChI=1S/C14H19BrFN/c1-2-10-5-6-17-12(7-10)8-11-3-4-14(16)13(15)9-11/h3-4,9-10,12,17H,2,5-8H2,1H3. The zero-order valence-corrected chi connectivity index (χ0v) is 11.8. The lowest BCUT2D eigenvalue weighted by molar-refractivity contribution is 0.294. The van der Waals surface area contributed by atoms with Crippen LogP contribution in [0, 0.1) is 11.7 Å². The van der Waals surface area contributed by atoms with Crippen molar-refractivity contribution >= 4 is 15.9 Å². The second-order valence-corrected chi connectivity index (χ2v) is 5.76. The van der Waals surface area contributed by atoms with E-state index in [9.17, 15) is 4.39 Å². The van der Waals surface area contributed by atoms with Gasteiger partial charge >= 0.3 is 0 Å². The number of hydrogen-bond donors (Lipinski definition) is 1. The van der Waals surface area contributed by atoms with Crippen LogP contribution in [0.3, 0.4) is 0 Å². The van der Waals surface area contributed by atoms with Crippen LogP contribution in [0.1, 0.15) is 31.7 Å². The van der Waals surface area contributed by atoms with Crippen molar-refractivity contribution in [2.45, 2.75) is 38.6 Å². The molecule has 2 unspecified atom stereocenters. The molecule has 94 valence electrons. The summed E-state index contributed by atoms with van der Waals surface area (Å²) >= 11 is 3.24. The maximum absolute atomic E-state index is 13.1. The van der Waals surface area contributed by atoms with Crippen LogP contribution in [-0.2, 0) is 6.42 Å². The summed E-state index contributed by atoms with van der Waals surface area (Å²) in [7, 11) is 0. The van der Waals surface area contributed by atoms with Gasteiger partial charge in [-0.15, -0.1) is 0 Å². The van der Waals surface area contributed by atoms with E-state index in [1.165, 1.54) is 24.8 Å². The van der Waals surface area contributed by atoms with Crippen molar-refractivity contribution in [1.29, 1.82) is 0 Å². The lowest BCUT2D eigenvalue weighted by Gasteiger charge is -2.29. The second kappa shape index (κ2) is 5.96. The van der Waals surface area contributed by atoms with E-state index in [1.807, 2.05) is 12.1 Å². The van der Waals surface area contributed by atoms with Crippen molar-refractivity contribution in [3.8, 4) is 0 Å². The highest BCUT2D eigenvalue weighted by Crippen LogP contribution is 2.23. The Morgan fingerprint density at radius 1 is 1.47 bits per heavy atom. The van der Waals surface area contributed by atoms with Gasteiger partial charge in [0.05, 0.1) is 4.47 Å². The second-order valence-electron chi connectivity index (χ2n) is 4.90. The number of rotatable bonds is 3. The van der Waals surface area contributed by atoms with Crippen LogP contribution in [0.2, 0.25) is 0 Å². The van der Waals surface area contributed by atoms with E-state index < -0.39 is 0 Å². The minimum absolute atomic E-state index is 0.184. The molecule has 1 N–H and O–H groups in total. The predicted molar refractivity (Wildman–Crippen MR) is 72.6 cm³/mol. The molecule has 2 rings (SSSR count). The van der Waals surface area contributed by atoms with Crippen molar-refractivity contribution in [1.82, 2.24) is 5.32 Å². The van der Waals surface area contributed by atoms with Crippen molar-refractivity contribution in [2.75, 3.05) is 6.54 Å². The van der Waals surface area contributed by atoms with Crippen LogP contribution in [0.15, 0.2) is 22.7 Å². The molecule has 1 saturated heterocycles. The highest BCUT2D eigenvalue weighted by Gasteiger charge is 2.20. The Morgan fingerprint density at radius 2 is 2.29 bits per heavy atom. The van der Waals surface area contributed by atoms with E-state index in [2.05, 4.69) is 28.2 Å². The minimum atomic E-state index is -0.184. The van der Waals surface area contributed by atoms with Crippen molar-refractivity contribution in [2.24, 2.45) is 5.92 Å². The van der Waals surface area contributed by atoms with Crippen LogP contribution in [0.25, 0.3) is 0 Å². The highest BCUT2D eigenvalue weighted by molar-refractivity contribution is 9.10. The first-order valence-electron chi connectivity index (χ1n) is 6.36. The third kappa shape index (κ3) is 3.52. The van der Waals surface area contributed by atoms with Gasteiger partial charge in [0.2, 0.25) is 0 Å². The molecular weight excluding hydrogens is 281 g/mol. The maximum atomic E-state index is 13.1. The number of hydrogen-bond acceptors (Lipinski definition) is 1. The number of nitrogens with one attached hydrogen (secondary N) is 1. The molecule has 0 bridgehead atoms. The fourth-order valence-electron chi connectivity index (χ4n) is 2.57. The summed E-state index contributed by atoms with van der Waals surface area (Å²) < 4.78 is 13.7. The normalized spacial score (nSPS) is 24.9. The predicted octanol–water partition coefficient (Wildman–Crippen LogP) is 3.91. The highest BCUT2D eigenvalue weighted by atomic mass is 79.9. The molecule has 1 nitrogen and oxygen atoms in total. The summed E-state index contributed by atoms with van der Waals surface area (Å²) in [5, 5.41) is 3.56. The zero-order chi connectivity index (χ0) is 12.3. The Balaban J connectivity index is 1.97. The molecule has 0 amide bonds. The summed E-state index contributed by atoms with van der Waals surface area (Å²) in [6.45, 7) is 3.38. The summed E-state index contributed by atoms with van der Waals surface area (Å²) in [5.41, 5.74) is 1.20. The lowest BCUT2D eigenvalue weighted by Crippen LogP contribution is -2.39. The van der Waals surface area contributed by atoms with Gasteiger partial charge in [-0.1, -0.05) is 19.4 Å². The van der Waals surface area contributed by atoms with Gasteiger partial charge in [-0.05, 0) is 65.4 Å². The van der Waals surface area contributed by atoms with Crippen molar-refractivity contribution < 1.29 is 4.39 Å². The fourth-order valence-corrected chi connectivity index (χ4v) is 3.00. The minimum Gasteiger partial charge on any atom is -0.314 e. The molecule has 3 heteroatoms. The van der Waals surface area contributed by atoms with Gasteiger partial charge < -0.3 is 5.32 Å². The Kier molecular flexibility index (Phi) is 4.57. The summed E-state index contributed by atoms with van der Waals surface area (Å²) in [5.74, 6) is 0.668. The van der Waals surface area contributed by atoms with Crippen molar-refractivity contribution in [3.63, 3.8) is 0 Å². The summed E-state index contributed by atoms with van der Waals surface area (Å²) in [6.07, 6.45) is 4.80. The molecule has 1 aliphatic heterocycles. The number of piperidine rings is 1. The number of benzene rings is 1. The lowest BCUT2D eigenvalue weighted by atomic mass is 9.88. The molecule has 1 aromatic rings. The molecule has 0 spiro atoms. The average molecular weight is 300 g/mol. The molecule has 1 aromatic carbocycles. The molecular formula is C14H19BrFN. The molecule has 0 aromatic heterocycles. The van der Waals surface area contributed by atoms with E-state index in [0.29, 0.717) is 10.5 Å². The molecule has 0 aliphatic carbocycles. The average Bonchev–Trinajstić information content (AvgIpc) is 2.34. The van der Waals surface area contributed by atoms with E-state index in [1.54, 1.807) is 6.07 Å². The smallest absolute Gasteiger partial charge is 0.137 e. The van der Waals surface area contributed by atoms with Crippen LogP contribution in [0.4, 0.5) is 4.39 Å². The van der Waals surface area contributed by atoms with Gasteiger partial charge in [0.15, 0.2) is 0 Å². The van der Waals surface area contributed by atoms with E-state index in [-0.39, 0.29) is 5.82 Å². The quantitative estimate of drug-likeness (QED) is 0.892. The molecule has 0 radical (unpaired) electrons. The van der Waals surface area contributed by atoms with Crippen molar-refractivity contribution in [3.05, 3.63) is 34.1 Å². The van der Waals surface area contributed by atoms with Crippen LogP contribution in [0.5, 0.6) is 0 Å². The van der Waals surface area contributed by atoms with Gasteiger partial charge in [-0.3, -0.25) is 0 Å². The van der Waals surface area contributed by atoms with Gasteiger partial charge in [0.25, 0.3) is 0 Å². The Hall–Kier alpha value is -0.410.